The van der Waals surface area contributed by atoms with Gasteiger partial charge in [-0.2, -0.15) is 5.26 Å². The van der Waals surface area contributed by atoms with Gasteiger partial charge < -0.3 is 4.52 Å². The molecule has 5 heteroatoms. The van der Waals surface area contributed by atoms with E-state index in [0.29, 0.717) is 0 Å². The van der Waals surface area contributed by atoms with Crippen molar-refractivity contribution in [2.24, 2.45) is 0 Å². The van der Waals surface area contributed by atoms with Crippen LogP contribution in [-0.4, -0.2) is 24.9 Å². The second-order valence-corrected chi connectivity index (χ2v) is 6.08. The Kier molecular flexibility index (Phi) is 4.12. The summed E-state index contributed by atoms with van der Waals surface area (Å²) in [4.78, 5) is 0. The van der Waals surface area contributed by atoms with E-state index < -0.39 is 7.52 Å². The van der Waals surface area contributed by atoms with Crippen molar-refractivity contribution in [3.8, 4) is 5.81 Å². The van der Waals surface area contributed by atoms with Crippen LogP contribution in [0.3, 0.4) is 0 Å². The minimum Gasteiger partial charge on any atom is -0.304 e. The molecule has 1 unspecified atom stereocenters. The van der Waals surface area contributed by atoms with E-state index >= 15 is 0 Å². The van der Waals surface area contributed by atoms with E-state index in [1.807, 2.05) is 0 Å². The summed E-state index contributed by atoms with van der Waals surface area (Å²) in [6.45, 7) is 0. The highest BCUT2D eigenvalue weighted by molar-refractivity contribution is 7.61. The van der Waals surface area contributed by atoms with Gasteiger partial charge in [0.15, 0.2) is 5.81 Å². The van der Waals surface area contributed by atoms with Gasteiger partial charge in [-0.05, 0) is 26.9 Å². The van der Waals surface area contributed by atoms with Gasteiger partial charge in [-0.3, -0.25) is 4.57 Å². The Morgan fingerprint density at radius 3 is 2.36 bits per heavy atom. The topological polar surface area (TPSA) is 53.3 Å². The van der Waals surface area contributed by atoms with E-state index in [1.54, 1.807) is 19.9 Å². The molecule has 4 nitrogen and oxygen atoms in total. The summed E-state index contributed by atoms with van der Waals surface area (Å²) in [5, 5.41) is 8.81. The van der Waals surface area contributed by atoms with Crippen LogP contribution in [0.2, 0.25) is 0 Å². The highest BCUT2D eigenvalue weighted by atomic mass is 31.2. The van der Waals surface area contributed by atoms with Crippen LogP contribution in [-0.2, 0) is 9.09 Å². The molecule has 0 radical (unpaired) electrons. The van der Waals surface area contributed by atoms with Gasteiger partial charge in [0, 0.05) is 0 Å². The maximum Gasteiger partial charge on any atom is 0.370 e. The van der Waals surface area contributed by atoms with Crippen molar-refractivity contribution in [3.05, 3.63) is 0 Å². The average Bonchev–Trinajstić information content (AvgIpc) is 2.19. The first-order chi connectivity index (χ1) is 6.58. The zero-order valence-corrected chi connectivity index (χ0v) is 9.67. The van der Waals surface area contributed by atoms with Crippen LogP contribution in [0.5, 0.6) is 0 Å². The van der Waals surface area contributed by atoms with Gasteiger partial charge in [0.1, 0.15) is 0 Å². The third-order valence-electron chi connectivity index (χ3n) is 2.50. The van der Waals surface area contributed by atoms with Gasteiger partial charge in [0.2, 0.25) is 0 Å². The molecular weight excluding hydrogens is 199 g/mol. The lowest BCUT2D eigenvalue weighted by molar-refractivity contribution is 0.149. The molecule has 1 aliphatic carbocycles. The predicted molar refractivity (Wildman–Crippen MR) is 54.9 cm³/mol. The molecule has 0 N–H and O–H groups in total. The quantitative estimate of drug-likeness (QED) is 0.680. The lowest BCUT2D eigenvalue weighted by atomic mass is 9.98. The van der Waals surface area contributed by atoms with Crippen LogP contribution >= 0.6 is 7.52 Å². The third-order valence-corrected chi connectivity index (χ3v) is 4.39. The van der Waals surface area contributed by atoms with Gasteiger partial charge in [-0.15, -0.1) is 0 Å². The summed E-state index contributed by atoms with van der Waals surface area (Å²) in [5.74, 6) is 1.78. The van der Waals surface area contributed by atoms with E-state index in [1.165, 1.54) is 11.1 Å². The molecule has 14 heavy (non-hydrogen) atoms. The van der Waals surface area contributed by atoms with Crippen molar-refractivity contribution in [1.29, 1.82) is 5.26 Å². The molecule has 80 valence electrons. The number of hydrogen-bond acceptors (Lipinski definition) is 3. The van der Waals surface area contributed by atoms with Gasteiger partial charge in [0.05, 0.1) is 6.10 Å². The normalized spacial score (nSPS) is 23.0. The molecule has 0 aromatic heterocycles. The summed E-state index contributed by atoms with van der Waals surface area (Å²) in [5.41, 5.74) is 0. The molecule has 1 saturated carbocycles. The van der Waals surface area contributed by atoms with Crippen molar-refractivity contribution in [2.75, 3.05) is 14.1 Å². The number of rotatable bonds is 3. The second-order valence-electron chi connectivity index (χ2n) is 3.83. The Labute approximate surface area is 85.4 Å². The van der Waals surface area contributed by atoms with Gasteiger partial charge in [-0.25, -0.2) is 4.67 Å². The van der Waals surface area contributed by atoms with E-state index in [4.69, 9.17) is 9.79 Å². The monoisotopic (exact) mass is 216 g/mol. The zero-order chi connectivity index (χ0) is 10.6. The lowest BCUT2D eigenvalue weighted by Crippen LogP contribution is -2.19. The first-order valence-electron chi connectivity index (χ1n) is 4.96. The van der Waals surface area contributed by atoms with Crippen molar-refractivity contribution in [3.63, 3.8) is 0 Å². The summed E-state index contributed by atoms with van der Waals surface area (Å²) in [6.07, 6.45) is 5.32. The van der Waals surface area contributed by atoms with Crippen LogP contribution in [0.1, 0.15) is 32.1 Å². The molecule has 0 aliphatic heterocycles. The molecule has 1 fully saturated rings. The maximum atomic E-state index is 11.9. The second kappa shape index (κ2) is 4.93. The summed E-state index contributed by atoms with van der Waals surface area (Å²) >= 11 is 0. The first-order valence-corrected chi connectivity index (χ1v) is 6.54. The Hall–Kier alpha value is -0.360. The van der Waals surface area contributed by atoms with Crippen molar-refractivity contribution in [1.82, 2.24) is 4.67 Å². The third kappa shape index (κ3) is 2.81. The van der Waals surface area contributed by atoms with Gasteiger partial charge >= 0.3 is 7.52 Å². The van der Waals surface area contributed by atoms with Crippen LogP contribution in [0.15, 0.2) is 0 Å². The number of nitriles is 1. The standard InChI is InChI=1S/C9H17N2O2P/c1-11(2)14(12,8-10)13-9-6-4-3-5-7-9/h9H,3-7H2,1-2H3. The molecule has 1 aliphatic rings. The van der Waals surface area contributed by atoms with Crippen LogP contribution < -0.4 is 0 Å². The van der Waals surface area contributed by atoms with E-state index in [0.717, 1.165) is 25.7 Å². The minimum absolute atomic E-state index is 0.0108. The highest BCUT2D eigenvalue weighted by Gasteiger charge is 2.30. The molecule has 0 amide bonds. The fourth-order valence-corrected chi connectivity index (χ4v) is 2.61. The van der Waals surface area contributed by atoms with Crippen LogP contribution in [0, 0.1) is 11.1 Å². The summed E-state index contributed by atoms with van der Waals surface area (Å²) in [7, 11) is 0.0340. The fourth-order valence-electron chi connectivity index (χ4n) is 1.58. The SMILES string of the molecule is CN(C)P(=O)(C#N)OC1CCCCC1. The van der Waals surface area contributed by atoms with Gasteiger partial charge in [-0.1, -0.05) is 19.3 Å². The first kappa shape index (κ1) is 11.7. The minimum atomic E-state index is -3.20. The summed E-state index contributed by atoms with van der Waals surface area (Å²) in [6, 6.07) is 0. The van der Waals surface area contributed by atoms with E-state index in [2.05, 4.69) is 0 Å². The molecular formula is C9H17N2O2P. The molecule has 0 spiro atoms. The highest BCUT2D eigenvalue weighted by Crippen LogP contribution is 2.50. The number of nitrogens with zero attached hydrogens (tertiary/aromatic N) is 2. The Morgan fingerprint density at radius 2 is 1.93 bits per heavy atom. The maximum absolute atomic E-state index is 11.9. The molecule has 0 bridgehead atoms. The molecule has 0 aromatic carbocycles. The lowest BCUT2D eigenvalue weighted by Gasteiger charge is -2.26. The smallest absolute Gasteiger partial charge is 0.304 e. The number of hydrogen-bond donors (Lipinski definition) is 0. The molecule has 0 heterocycles. The average molecular weight is 216 g/mol. The van der Waals surface area contributed by atoms with Crippen molar-refractivity contribution < 1.29 is 9.09 Å². The molecule has 0 aromatic rings. The predicted octanol–water partition coefficient (Wildman–Crippen LogP) is 2.57. The summed E-state index contributed by atoms with van der Waals surface area (Å²) < 4.78 is 18.7. The fraction of sp³-hybridized carbons (Fsp3) is 0.889. The van der Waals surface area contributed by atoms with Crippen LogP contribution in [0.25, 0.3) is 0 Å². The Bertz CT molecular complexity index is 266. The van der Waals surface area contributed by atoms with E-state index in [-0.39, 0.29) is 6.10 Å². The zero-order valence-electron chi connectivity index (χ0n) is 8.77. The van der Waals surface area contributed by atoms with E-state index in [9.17, 15) is 4.57 Å². The molecule has 1 atom stereocenters. The van der Waals surface area contributed by atoms with Gasteiger partial charge in [0.25, 0.3) is 0 Å². The largest absolute Gasteiger partial charge is 0.370 e. The van der Waals surface area contributed by atoms with Crippen LogP contribution in [0.4, 0.5) is 0 Å². The van der Waals surface area contributed by atoms with Crippen molar-refractivity contribution >= 4 is 7.52 Å². The Morgan fingerprint density at radius 1 is 1.36 bits per heavy atom. The van der Waals surface area contributed by atoms with Crippen molar-refractivity contribution in [2.45, 2.75) is 38.2 Å². The molecule has 0 saturated heterocycles. The Balaban J connectivity index is 2.56. The molecule has 1 rings (SSSR count).